The summed E-state index contributed by atoms with van der Waals surface area (Å²) in [5.41, 5.74) is 1.31. The Bertz CT molecular complexity index is 918. The summed E-state index contributed by atoms with van der Waals surface area (Å²) < 4.78 is 27.2. The van der Waals surface area contributed by atoms with Crippen LogP contribution in [-0.2, 0) is 4.79 Å². The number of aliphatic imine (C=N–C) groups is 1. The molecule has 1 amide bonds. The SMILES string of the molecule is C[C@H]1NC(=O)CN2C1=NC(c1ccc(F)cc1)C2Nc1ccc(Cl)c(F)c1. The van der Waals surface area contributed by atoms with Crippen LogP contribution in [0.15, 0.2) is 47.5 Å². The molecule has 3 atom stereocenters. The zero-order chi connectivity index (χ0) is 19.1. The van der Waals surface area contributed by atoms with Crippen LogP contribution in [0.2, 0.25) is 5.02 Å². The van der Waals surface area contributed by atoms with Gasteiger partial charge in [0.05, 0.1) is 11.1 Å². The Morgan fingerprint density at radius 1 is 1.22 bits per heavy atom. The number of carbonyl (C=O) groups excluding carboxylic acids is 1. The lowest BCUT2D eigenvalue weighted by Crippen LogP contribution is -2.59. The van der Waals surface area contributed by atoms with Crippen molar-refractivity contribution in [1.82, 2.24) is 10.2 Å². The van der Waals surface area contributed by atoms with Gasteiger partial charge in [-0.2, -0.15) is 0 Å². The molecule has 0 bridgehead atoms. The number of carbonyl (C=O) groups is 1. The average Bonchev–Trinajstić information content (AvgIpc) is 2.98. The molecule has 2 unspecified atom stereocenters. The Hall–Kier alpha value is -2.67. The number of nitrogens with one attached hydrogen (secondary N) is 2. The molecule has 2 aromatic carbocycles. The van der Waals surface area contributed by atoms with E-state index in [1.165, 1.54) is 24.3 Å². The van der Waals surface area contributed by atoms with Gasteiger partial charge in [0.1, 0.15) is 36.2 Å². The van der Waals surface area contributed by atoms with Crippen LogP contribution in [0.4, 0.5) is 14.5 Å². The minimum absolute atomic E-state index is 0.0324. The van der Waals surface area contributed by atoms with Crippen LogP contribution in [0.25, 0.3) is 0 Å². The first-order chi connectivity index (χ1) is 12.9. The highest BCUT2D eigenvalue weighted by molar-refractivity contribution is 6.30. The lowest BCUT2D eigenvalue weighted by Gasteiger charge is -2.36. The van der Waals surface area contributed by atoms with Crippen LogP contribution in [0.5, 0.6) is 0 Å². The predicted molar refractivity (Wildman–Crippen MR) is 99.7 cm³/mol. The number of piperazine rings is 1. The molecular formula is C19H17ClF2N4O. The lowest BCUT2D eigenvalue weighted by molar-refractivity contribution is -0.122. The Morgan fingerprint density at radius 3 is 2.67 bits per heavy atom. The second kappa shape index (κ2) is 6.81. The highest BCUT2D eigenvalue weighted by Crippen LogP contribution is 2.34. The Morgan fingerprint density at radius 2 is 1.96 bits per heavy atom. The molecule has 1 fully saturated rings. The number of anilines is 1. The molecule has 0 aliphatic carbocycles. The van der Waals surface area contributed by atoms with Crippen LogP contribution in [0, 0.1) is 11.6 Å². The number of fused-ring (bicyclic) bond motifs is 1. The van der Waals surface area contributed by atoms with Crippen molar-refractivity contribution in [3.63, 3.8) is 0 Å². The molecule has 2 aliphatic heterocycles. The van der Waals surface area contributed by atoms with E-state index in [0.717, 1.165) is 11.4 Å². The normalized spacial score (nSPS) is 24.3. The Kier molecular flexibility index (Phi) is 4.47. The molecule has 2 N–H and O–H groups in total. The molecular weight excluding hydrogens is 374 g/mol. The molecule has 0 aromatic heterocycles. The summed E-state index contributed by atoms with van der Waals surface area (Å²) in [5.74, 6) is -0.258. The second-order valence-electron chi connectivity index (χ2n) is 6.62. The maximum Gasteiger partial charge on any atom is 0.240 e. The topological polar surface area (TPSA) is 56.7 Å². The highest BCUT2D eigenvalue weighted by atomic mass is 35.5. The number of nitrogens with zero attached hydrogens (tertiary/aromatic N) is 2. The first-order valence-electron chi connectivity index (χ1n) is 8.53. The van der Waals surface area contributed by atoms with Crippen molar-refractivity contribution in [2.24, 2.45) is 4.99 Å². The molecule has 2 aliphatic rings. The zero-order valence-electron chi connectivity index (χ0n) is 14.4. The summed E-state index contributed by atoms with van der Waals surface area (Å²) >= 11 is 5.76. The standard InChI is InChI=1S/C19H17ClF2N4O/c1-10-18-25-17(11-2-4-12(21)5-3-11)19(26(18)9-16(27)23-10)24-13-6-7-14(20)15(22)8-13/h2-8,10,17,19,24H,9H2,1H3,(H,23,27)/t10-,17?,19?/m1/s1. The van der Waals surface area contributed by atoms with Crippen LogP contribution in [0.3, 0.4) is 0 Å². The number of benzene rings is 2. The van der Waals surface area contributed by atoms with E-state index in [9.17, 15) is 13.6 Å². The summed E-state index contributed by atoms with van der Waals surface area (Å²) in [6.45, 7) is 1.99. The zero-order valence-corrected chi connectivity index (χ0v) is 15.2. The molecule has 27 heavy (non-hydrogen) atoms. The van der Waals surface area contributed by atoms with Gasteiger partial charge in [0.15, 0.2) is 0 Å². The third-order valence-corrected chi connectivity index (χ3v) is 5.03. The van der Waals surface area contributed by atoms with Gasteiger partial charge in [0.2, 0.25) is 5.91 Å². The van der Waals surface area contributed by atoms with Gasteiger partial charge in [-0.25, -0.2) is 8.78 Å². The molecule has 0 radical (unpaired) electrons. The number of amidine groups is 1. The number of rotatable bonds is 3. The minimum atomic E-state index is -0.538. The maximum atomic E-state index is 13.9. The van der Waals surface area contributed by atoms with Crippen molar-refractivity contribution >= 4 is 29.0 Å². The van der Waals surface area contributed by atoms with Crippen molar-refractivity contribution in [3.05, 3.63) is 64.7 Å². The van der Waals surface area contributed by atoms with Gasteiger partial charge in [0.25, 0.3) is 0 Å². The van der Waals surface area contributed by atoms with E-state index in [0.29, 0.717) is 5.69 Å². The van der Waals surface area contributed by atoms with E-state index < -0.39 is 12.0 Å². The molecule has 4 rings (SSSR count). The Balaban J connectivity index is 1.71. The fraction of sp³-hybridized carbons (Fsp3) is 0.263. The van der Waals surface area contributed by atoms with Gasteiger partial charge >= 0.3 is 0 Å². The number of hydrogen-bond donors (Lipinski definition) is 2. The molecule has 0 spiro atoms. The van der Waals surface area contributed by atoms with E-state index >= 15 is 0 Å². The van der Waals surface area contributed by atoms with Gasteiger partial charge in [-0.15, -0.1) is 0 Å². The highest BCUT2D eigenvalue weighted by Gasteiger charge is 2.42. The average molecular weight is 391 g/mol. The third-order valence-electron chi connectivity index (χ3n) is 4.72. The first-order valence-corrected chi connectivity index (χ1v) is 8.91. The van der Waals surface area contributed by atoms with Gasteiger partial charge in [-0.1, -0.05) is 23.7 Å². The maximum absolute atomic E-state index is 13.9. The van der Waals surface area contributed by atoms with E-state index in [1.807, 2.05) is 11.8 Å². The van der Waals surface area contributed by atoms with Gasteiger partial charge in [0, 0.05) is 5.69 Å². The van der Waals surface area contributed by atoms with Crippen molar-refractivity contribution in [2.45, 2.75) is 25.2 Å². The van der Waals surface area contributed by atoms with Crippen molar-refractivity contribution in [2.75, 3.05) is 11.9 Å². The summed E-state index contributed by atoms with van der Waals surface area (Å²) in [6, 6.07) is 9.89. The van der Waals surface area contributed by atoms with Crippen molar-refractivity contribution in [1.29, 1.82) is 0 Å². The van der Waals surface area contributed by atoms with Gasteiger partial charge in [-0.3, -0.25) is 9.79 Å². The Labute approximate surface area is 160 Å². The minimum Gasteiger partial charge on any atom is -0.363 e. The lowest BCUT2D eigenvalue weighted by atomic mass is 10.0. The second-order valence-corrected chi connectivity index (χ2v) is 7.03. The molecule has 5 nitrogen and oxygen atoms in total. The smallest absolute Gasteiger partial charge is 0.240 e. The summed E-state index contributed by atoms with van der Waals surface area (Å²) in [5, 5.41) is 6.14. The predicted octanol–water partition coefficient (Wildman–Crippen LogP) is 3.33. The van der Waals surface area contributed by atoms with Crippen molar-refractivity contribution < 1.29 is 13.6 Å². The van der Waals surface area contributed by atoms with Crippen LogP contribution < -0.4 is 10.6 Å². The first kappa shape index (κ1) is 17.7. The third kappa shape index (κ3) is 3.35. The quantitative estimate of drug-likeness (QED) is 0.845. The van der Waals surface area contributed by atoms with Crippen LogP contribution in [0.1, 0.15) is 18.5 Å². The molecule has 140 valence electrons. The van der Waals surface area contributed by atoms with E-state index in [2.05, 4.69) is 10.6 Å². The van der Waals surface area contributed by atoms with Crippen LogP contribution in [-0.4, -0.2) is 35.4 Å². The fourth-order valence-electron chi connectivity index (χ4n) is 3.48. The summed E-state index contributed by atoms with van der Waals surface area (Å²) in [6.07, 6.45) is -0.417. The fourth-order valence-corrected chi connectivity index (χ4v) is 3.59. The van der Waals surface area contributed by atoms with Crippen molar-refractivity contribution in [3.8, 4) is 0 Å². The number of halogens is 3. The summed E-state index contributed by atoms with van der Waals surface area (Å²) in [7, 11) is 0. The number of hydrogen-bond acceptors (Lipinski definition) is 4. The summed E-state index contributed by atoms with van der Waals surface area (Å²) in [4.78, 5) is 18.7. The molecule has 1 saturated heterocycles. The molecule has 2 heterocycles. The molecule has 0 saturated carbocycles. The molecule has 8 heteroatoms. The van der Waals surface area contributed by atoms with E-state index in [-0.39, 0.29) is 35.4 Å². The van der Waals surface area contributed by atoms with E-state index in [4.69, 9.17) is 16.6 Å². The largest absolute Gasteiger partial charge is 0.363 e. The number of amides is 1. The van der Waals surface area contributed by atoms with E-state index in [1.54, 1.807) is 18.2 Å². The van der Waals surface area contributed by atoms with Crippen LogP contribution >= 0.6 is 11.6 Å². The van der Waals surface area contributed by atoms with Gasteiger partial charge < -0.3 is 15.5 Å². The molecule has 2 aromatic rings. The monoisotopic (exact) mass is 390 g/mol. The van der Waals surface area contributed by atoms with Gasteiger partial charge in [-0.05, 0) is 42.8 Å².